The maximum absolute atomic E-state index is 5.99. The van der Waals surface area contributed by atoms with Crippen molar-refractivity contribution in [2.75, 3.05) is 6.54 Å². The zero-order valence-electron chi connectivity index (χ0n) is 15.8. The number of rotatable bonds is 7. The Bertz CT molecular complexity index is 941. The third-order valence-electron chi connectivity index (χ3n) is 5.18. The van der Waals surface area contributed by atoms with E-state index in [2.05, 4.69) is 46.6 Å². The van der Waals surface area contributed by atoms with E-state index in [1.54, 1.807) is 0 Å². The average Bonchev–Trinajstić information content (AvgIpc) is 3.29. The van der Waals surface area contributed by atoms with Crippen molar-refractivity contribution in [2.45, 2.75) is 25.2 Å². The van der Waals surface area contributed by atoms with E-state index in [9.17, 15) is 0 Å². The highest BCUT2D eigenvalue weighted by molar-refractivity contribution is 5.62. The molecule has 0 saturated heterocycles. The monoisotopic (exact) mass is 371 g/mol. The molecule has 1 unspecified atom stereocenters. The summed E-state index contributed by atoms with van der Waals surface area (Å²) in [5.74, 6) is 2.24. The lowest BCUT2D eigenvalue weighted by atomic mass is 9.83. The topological polar surface area (TPSA) is 63.9 Å². The van der Waals surface area contributed by atoms with Crippen molar-refractivity contribution in [1.29, 1.82) is 0 Å². The molecule has 0 spiro atoms. The number of ether oxygens (including phenoxy) is 1. The maximum atomic E-state index is 5.99. The summed E-state index contributed by atoms with van der Waals surface area (Å²) in [7, 11) is 0. The minimum absolute atomic E-state index is 0.345. The lowest BCUT2D eigenvalue weighted by molar-refractivity contribution is 0.398. The van der Waals surface area contributed by atoms with Gasteiger partial charge in [-0.1, -0.05) is 54.1 Å². The summed E-state index contributed by atoms with van der Waals surface area (Å²) in [5, 5.41) is 6.89. The van der Waals surface area contributed by atoms with E-state index < -0.39 is 0 Å². The lowest BCUT2D eigenvalue weighted by Crippen LogP contribution is -2.12. The summed E-state index contributed by atoms with van der Waals surface area (Å²) in [4.78, 5) is 0. The van der Waals surface area contributed by atoms with Gasteiger partial charge in [0, 0.05) is 24.1 Å². The molecule has 1 aliphatic rings. The van der Waals surface area contributed by atoms with Gasteiger partial charge in [0.1, 0.15) is 11.5 Å². The number of aromatic amines is 1. The van der Waals surface area contributed by atoms with Crippen LogP contribution in [-0.4, -0.2) is 16.7 Å². The van der Waals surface area contributed by atoms with E-state index in [0.717, 1.165) is 36.3 Å². The largest absolute Gasteiger partial charge is 0.462 e. The molecule has 0 amide bonds. The van der Waals surface area contributed by atoms with Crippen molar-refractivity contribution in [2.24, 2.45) is 5.73 Å². The first kappa shape index (κ1) is 18.3. The van der Waals surface area contributed by atoms with Gasteiger partial charge in [0.25, 0.3) is 0 Å². The van der Waals surface area contributed by atoms with Crippen molar-refractivity contribution in [1.82, 2.24) is 10.2 Å². The third kappa shape index (κ3) is 4.24. The predicted octanol–water partition coefficient (Wildman–Crippen LogP) is 5.19. The molecule has 3 aromatic rings. The zero-order chi connectivity index (χ0) is 19.2. The van der Waals surface area contributed by atoms with E-state index in [0.29, 0.717) is 12.5 Å². The summed E-state index contributed by atoms with van der Waals surface area (Å²) in [5.41, 5.74) is 10.9. The van der Waals surface area contributed by atoms with Gasteiger partial charge in [-0.2, -0.15) is 5.10 Å². The second-order valence-electron chi connectivity index (χ2n) is 7.03. The Morgan fingerprint density at radius 2 is 1.79 bits per heavy atom. The fourth-order valence-electron chi connectivity index (χ4n) is 3.70. The molecule has 0 aliphatic heterocycles. The molecule has 1 aliphatic carbocycles. The third-order valence-corrected chi connectivity index (χ3v) is 5.18. The standard InChI is InChI=1S/C24H25N3O/c25-15-14-24(19-8-6-18(7-9-19)21-16-26-27-17-21)20-10-12-23(13-11-20)28-22-4-2-1-3-5-22/h1-10,12,16-17,24H,11,13-15,25H2,(H,26,27). The van der Waals surface area contributed by atoms with Crippen LogP contribution in [0, 0.1) is 0 Å². The van der Waals surface area contributed by atoms with Gasteiger partial charge in [-0.15, -0.1) is 0 Å². The van der Waals surface area contributed by atoms with Crippen LogP contribution in [0.2, 0.25) is 0 Å². The number of allylic oxidation sites excluding steroid dienone is 4. The first-order valence-corrected chi connectivity index (χ1v) is 9.75. The fourth-order valence-corrected chi connectivity index (χ4v) is 3.70. The van der Waals surface area contributed by atoms with Gasteiger partial charge in [-0.25, -0.2) is 0 Å². The molecule has 0 radical (unpaired) electrons. The number of nitrogens with zero attached hydrogens (tertiary/aromatic N) is 1. The number of para-hydroxylation sites is 1. The van der Waals surface area contributed by atoms with Crippen LogP contribution < -0.4 is 10.5 Å². The molecule has 4 nitrogen and oxygen atoms in total. The van der Waals surface area contributed by atoms with Gasteiger partial charge < -0.3 is 10.5 Å². The van der Waals surface area contributed by atoms with E-state index in [-0.39, 0.29) is 0 Å². The molecule has 1 heterocycles. The van der Waals surface area contributed by atoms with E-state index in [1.165, 1.54) is 16.7 Å². The second-order valence-corrected chi connectivity index (χ2v) is 7.03. The van der Waals surface area contributed by atoms with Crippen LogP contribution >= 0.6 is 0 Å². The summed E-state index contributed by atoms with van der Waals surface area (Å²) >= 11 is 0. The lowest BCUT2D eigenvalue weighted by Gasteiger charge is -2.24. The van der Waals surface area contributed by atoms with Crippen molar-refractivity contribution >= 4 is 0 Å². The first-order valence-electron chi connectivity index (χ1n) is 9.75. The predicted molar refractivity (Wildman–Crippen MR) is 113 cm³/mol. The van der Waals surface area contributed by atoms with Crippen LogP contribution in [-0.2, 0) is 0 Å². The fraction of sp³-hybridized carbons (Fsp3) is 0.208. The molecular formula is C24H25N3O. The Hall–Kier alpha value is -3.11. The second kappa shape index (κ2) is 8.72. The molecule has 4 rings (SSSR count). The number of H-pyrrole nitrogens is 1. The van der Waals surface area contributed by atoms with Crippen molar-refractivity contribution < 1.29 is 4.74 Å². The smallest absolute Gasteiger partial charge is 0.126 e. The number of nitrogens with one attached hydrogen (secondary N) is 1. The number of aromatic nitrogens is 2. The van der Waals surface area contributed by atoms with Gasteiger partial charge in [0.2, 0.25) is 0 Å². The van der Waals surface area contributed by atoms with Gasteiger partial charge in [0.05, 0.1) is 6.20 Å². The molecule has 0 saturated carbocycles. The van der Waals surface area contributed by atoms with Crippen LogP contribution in [0.4, 0.5) is 0 Å². The number of benzene rings is 2. The van der Waals surface area contributed by atoms with Crippen molar-refractivity contribution in [3.63, 3.8) is 0 Å². The summed E-state index contributed by atoms with van der Waals surface area (Å²) in [6, 6.07) is 18.7. The minimum Gasteiger partial charge on any atom is -0.462 e. The molecular weight excluding hydrogens is 346 g/mol. The highest BCUT2D eigenvalue weighted by atomic mass is 16.5. The van der Waals surface area contributed by atoms with E-state index >= 15 is 0 Å². The molecule has 1 aromatic heterocycles. The molecule has 142 valence electrons. The highest BCUT2D eigenvalue weighted by Crippen LogP contribution is 2.35. The normalized spacial score (nSPS) is 14.9. The molecule has 2 aromatic carbocycles. The van der Waals surface area contributed by atoms with Gasteiger partial charge >= 0.3 is 0 Å². The Kier molecular flexibility index (Phi) is 5.69. The Morgan fingerprint density at radius 1 is 0.964 bits per heavy atom. The Labute approximate surface area is 165 Å². The maximum Gasteiger partial charge on any atom is 0.126 e. The van der Waals surface area contributed by atoms with Crippen molar-refractivity contribution in [3.05, 3.63) is 96.0 Å². The van der Waals surface area contributed by atoms with E-state index in [4.69, 9.17) is 10.5 Å². The number of hydrogen-bond acceptors (Lipinski definition) is 3. The number of hydrogen-bond donors (Lipinski definition) is 2. The minimum atomic E-state index is 0.345. The van der Waals surface area contributed by atoms with Crippen LogP contribution in [0.5, 0.6) is 5.75 Å². The first-order chi connectivity index (χ1) is 13.8. The Balaban J connectivity index is 1.51. The number of nitrogens with two attached hydrogens (primary N) is 1. The highest BCUT2D eigenvalue weighted by Gasteiger charge is 2.19. The van der Waals surface area contributed by atoms with Crippen LogP contribution in [0.3, 0.4) is 0 Å². The van der Waals surface area contributed by atoms with E-state index in [1.807, 2.05) is 42.7 Å². The van der Waals surface area contributed by atoms with Crippen LogP contribution in [0.15, 0.2) is 90.5 Å². The molecule has 28 heavy (non-hydrogen) atoms. The summed E-state index contributed by atoms with van der Waals surface area (Å²) in [6.45, 7) is 0.669. The molecule has 4 heteroatoms. The van der Waals surface area contributed by atoms with Gasteiger partial charge in [-0.05, 0) is 48.7 Å². The summed E-state index contributed by atoms with van der Waals surface area (Å²) in [6.07, 6.45) is 10.9. The van der Waals surface area contributed by atoms with Gasteiger partial charge in [0.15, 0.2) is 0 Å². The quantitative estimate of drug-likeness (QED) is 0.600. The Morgan fingerprint density at radius 3 is 2.43 bits per heavy atom. The van der Waals surface area contributed by atoms with Gasteiger partial charge in [-0.3, -0.25) is 5.10 Å². The van der Waals surface area contributed by atoms with Crippen LogP contribution in [0.1, 0.15) is 30.7 Å². The van der Waals surface area contributed by atoms with Crippen molar-refractivity contribution in [3.8, 4) is 16.9 Å². The average molecular weight is 371 g/mol. The molecule has 0 fully saturated rings. The SMILES string of the molecule is NCCC(C1=CC=C(Oc2ccccc2)CC1)c1ccc(-c2cn[nH]c2)cc1. The molecule has 1 atom stereocenters. The molecule has 3 N–H and O–H groups in total. The van der Waals surface area contributed by atoms with Crippen LogP contribution in [0.25, 0.3) is 11.1 Å². The molecule has 0 bridgehead atoms. The summed E-state index contributed by atoms with van der Waals surface area (Å²) < 4.78 is 5.99. The zero-order valence-corrected chi connectivity index (χ0v) is 15.8.